The van der Waals surface area contributed by atoms with Gasteiger partial charge in [-0.25, -0.2) is 0 Å². The Kier molecular flexibility index (Phi) is 4.93. The van der Waals surface area contributed by atoms with Crippen LogP contribution in [-0.2, 0) is 0 Å². The molecule has 0 saturated heterocycles. The molecule has 2 heteroatoms. The van der Waals surface area contributed by atoms with Gasteiger partial charge in [0, 0.05) is 0 Å². The van der Waals surface area contributed by atoms with Crippen molar-refractivity contribution in [2.45, 2.75) is 59.2 Å². The van der Waals surface area contributed by atoms with Gasteiger partial charge < -0.3 is 10.2 Å². The van der Waals surface area contributed by atoms with E-state index in [1.807, 2.05) is 20.8 Å². The van der Waals surface area contributed by atoms with E-state index in [2.05, 4.69) is 13.8 Å². The van der Waals surface area contributed by atoms with E-state index in [0.717, 1.165) is 12.8 Å². The van der Waals surface area contributed by atoms with Gasteiger partial charge in [-0.15, -0.1) is 0 Å². The van der Waals surface area contributed by atoms with Crippen LogP contribution in [0.5, 0.6) is 0 Å². The normalized spacial score (nSPS) is 19.6. The standard InChI is InChI=1S/C11H24O2/c1-8(7-10(3)12)6-9(2)11(4,5)13/h8-10,12-13H,6-7H2,1-5H3. The molecule has 0 rings (SSSR count). The monoisotopic (exact) mass is 188 g/mol. The molecular formula is C11H24O2. The predicted molar refractivity (Wildman–Crippen MR) is 55.5 cm³/mol. The van der Waals surface area contributed by atoms with Gasteiger partial charge in [0.2, 0.25) is 0 Å². The predicted octanol–water partition coefficient (Wildman–Crippen LogP) is 2.19. The molecule has 0 aromatic carbocycles. The summed E-state index contributed by atoms with van der Waals surface area (Å²) in [6.45, 7) is 9.66. The summed E-state index contributed by atoms with van der Waals surface area (Å²) >= 11 is 0. The number of hydrogen-bond donors (Lipinski definition) is 2. The second-order valence-corrected chi connectivity index (χ2v) is 4.98. The molecule has 3 unspecified atom stereocenters. The van der Waals surface area contributed by atoms with Gasteiger partial charge in [0.1, 0.15) is 0 Å². The first kappa shape index (κ1) is 12.9. The van der Waals surface area contributed by atoms with E-state index in [1.165, 1.54) is 0 Å². The summed E-state index contributed by atoms with van der Waals surface area (Å²) in [7, 11) is 0. The molecule has 2 nitrogen and oxygen atoms in total. The van der Waals surface area contributed by atoms with Gasteiger partial charge >= 0.3 is 0 Å². The van der Waals surface area contributed by atoms with Gasteiger partial charge in [0.25, 0.3) is 0 Å². The van der Waals surface area contributed by atoms with Crippen LogP contribution in [-0.4, -0.2) is 21.9 Å². The highest BCUT2D eigenvalue weighted by atomic mass is 16.3. The van der Waals surface area contributed by atoms with Gasteiger partial charge in [-0.2, -0.15) is 0 Å². The smallest absolute Gasteiger partial charge is 0.0617 e. The fraction of sp³-hybridized carbons (Fsp3) is 1.00. The zero-order valence-corrected chi connectivity index (χ0v) is 9.54. The molecule has 0 aromatic heterocycles. The molecule has 0 spiro atoms. The first-order chi connectivity index (χ1) is 5.73. The summed E-state index contributed by atoms with van der Waals surface area (Å²) < 4.78 is 0. The van der Waals surface area contributed by atoms with Crippen molar-refractivity contribution in [2.75, 3.05) is 0 Å². The Morgan fingerprint density at radius 1 is 1.08 bits per heavy atom. The van der Waals surface area contributed by atoms with E-state index < -0.39 is 5.60 Å². The Morgan fingerprint density at radius 2 is 1.54 bits per heavy atom. The lowest BCUT2D eigenvalue weighted by Gasteiger charge is -2.28. The van der Waals surface area contributed by atoms with Crippen molar-refractivity contribution >= 4 is 0 Å². The molecule has 0 aliphatic heterocycles. The van der Waals surface area contributed by atoms with Crippen LogP contribution in [0, 0.1) is 11.8 Å². The molecule has 0 radical (unpaired) electrons. The summed E-state index contributed by atoms with van der Waals surface area (Å²) in [6, 6.07) is 0. The van der Waals surface area contributed by atoms with Crippen molar-refractivity contribution in [3.8, 4) is 0 Å². The van der Waals surface area contributed by atoms with Crippen molar-refractivity contribution in [3.63, 3.8) is 0 Å². The van der Waals surface area contributed by atoms with E-state index in [9.17, 15) is 10.2 Å². The highest BCUT2D eigenvalue weighted by molar-refractivity contribution is 4.75. The van der Waals surface area contributed by atoms with E-state index in [0.29, 0.717) is 5.92 Å². The lowest BCUT2D eigenvalue weighted by atomic mass is 9.83. The van der Waals surface area contributed by atoms with E-state index in [-0.39, 0.29) is 12.0 Å². The fourth-order valence-electron chi connectivity index (χ4n) is 1.57. The van der Waals surface area contributed by atoms with Crippen LogP contribution in [0.1, 0.15) is 47.5 Å². The maximum absolute atomic E-state index is 9.71. The minimum absolute atomic E-state index is 0.232. The summed E-state index contributed by atoms with van der Waals surface area (Å²) in [4.78, 5) is 0. The van der Waals surface area contributed by atoms with Crippen LogP contribution in [0.2, 0.25) is 0 Å². The first-order valence-electron chi connectivity index (χ1n) is 5.14. The first-order valence-corrected chi connectivity index (χ1v) is 5.14. The average Bonchev–Trinajstić information content (AvgIpc) is 1.82. The summed E-state index contributed by atoms with van der Waals surface area (Å²) in [5.74, 6) is 0.752. The Hall–Kier alpha value is -0.0800. The molecular weight excluding hydrogens is 164 g/mol. The highest BCUT2D eigenvalue weighted by Gasteiger charge is 2.24. The topological polar surface area (TPSA) is 40.5 Å². The van der Waals surface area contributed by atoms with Crippen molar-refractivity contribution < 1.29 is 10.2 Å². The lowest BCUT2D eigenvalue weighted by molar-refractivity contribution is 0.0121. The van der Waals surface area contributed by atoms with E-state index in [1.54, 1.807) is 0 Å². The van der Waals surface area contributed by atoms with Crippen LogP contribution in [0.4, 0.5) is 0 Å². The molecule has 0 fully saturated rings. The van der Waals surface area contributed by atoms with Crippen LogP contribution in [0.25, 0.3) is 0 Å². The van der Waals surface area contributed by atoms with Crippen molar-refractivity contribution in [1.82, 2.24) is 0 Å². The maximum atomic E-state index is 9.71. The Bertz CT molecular complexity index is 136. The molecule has 0 aliphatic carbocycles. The molecule has 80 valence electrons. The maximum Gasteiger partial charge on any atom is 0.0617 e. The molecule has 2 N–H and O–H groups in total. The van der Waals surface area contributed by atoms with Crippen molar-refractivity contribution in [1.29, 1.82) is 0 Å². The number of aliphatic hydroxyl groups is 2. The summed E-state index contributed by atoms with van der Waals surface area (Å²) in [5, 5.41) is 18.9. The third-order valence-corrected chi connectivity index (χ3v) is 2.71. The zero-order chi connectivity index (χ0) is 10.6. The van der Waals surface area contributed by atoms with Gasteiger partial charge in [0.15, 0.2) is 0 Å². The van der Waals surface area contributed by atoms with Crippen LogP contribution in [0.3, 0.4) is 0 Å². The average molecular weight is 188 g/mol. The number of hydrogen-bond acceptors (Lipinski definition) is 2. The van der Waals surface area contributed by atoms with E-state index >= 15 is 0 Å². The molecule has 0 bridgehead atoms. The fourth-order valence-corrected chi connectivity index (χ4v) is 1.57. The van der Waals surface area contributed by atoms with Crippen molar-refractivity contribution in [3.05, 3.63) is 0 Å². The number of rotatable bonds is 5. The Balaban J connectivity index is 3.85. The third kappa shape index (κ3) is 6.05. The van der Waals surface area contributed by atoms with Crippen LogP contribution < -0.4 is 0 Å². The van der Waals surface area contributed by atoms with Crippen LogP contribution >= 0.6 is 0 Å². The largest absolute Gasteiger partial charge is 0.393 e. The molecule has 0 amide bonds. The summed E-state index contributed by atoms with van der Waals surface area (Å²) in [6.07, 6.45) is 1.55. The minimum Gasteiger partial charge on any atom is -0.393 e. The van der Waals surface area contributed by atoms with Gasteiger partial charge in [-0.1, -0.05) is 13.8 Å². The van der Waals surface area contributed by atoms with Gasteiger partial charge in [-0.3, -0.25) is 0 Å². The summed E-state index contributed by atoms with van der Waals surface area (Å²) in [5.41, 5.74) is -0.604. The second kappa shape index (κ2) is 4.97. The lowest BCUT2D eigenvalue weighted by Crippen LogP contribution is -2.30. The number of aliphatic hydroxyl groups excluding tert-OH is 1. The molecule has 3 atom stereocenters. The van der Waals surface area contributed by atoms with E-state index in [4.69, 9.17) is 0 Å². The highest BCUT2D eigenvalue weighted by Crippen LogP contribution is 2.25. The van der Waals surface area contributed by atoms with Crippen LogP contribution in [0.15, 0.2) is 0 Å². The molecule has 0 aromatic rings. The molecule has 0 saturated carbocycles. The van der Waals surface area contributed by atoms with Crippen molar-refractivity contribution in [2.24, 2.45) is 11.8 Å². The molecule has 0 heterocycles. The zero-order valence-electron chi connectivity index (χ0n) is 9.54. The van der Waals surface area contributed by atoms with Gasteiger partial charge in [0.05, 0.1) is 11.7 Å². The molecule has 0 aliphatic rings. The van der Waals surface area contributed by atoms with Gasteiger partial charge in [-0.05, 0) is 45.4 Å². The quantitative estimate of drug-likeness (QED) is 0.694. The Morgan fingerprint density at radius 3 is 1.85 bits per heavy atom. The Labute approximate surface area is 82.0 Å². The SMILES string of the molecule is CC(O)CC(C)CC(C)C(C)(C)O. The third-order valence-electron chi connectivity index (χ3n) is 2.71. The second-order valence-electron chi connectivity index (χ2n) is 4.98. The molecule has 13 heavy (non-hydrogen) atoms. The minimum atomic E-state index is -0.604.